The Balaban J connectivity index is 1.67. The molecule has 3 rings (SSSR count). The highest BCUT2D eigenvalue weighted by Crippen LogP contribution is 2.25. The van der Waals surface area contributed by atoms with Crippen molar-refractivity contribution in [2.45, 2.75) is 46.0 Å². The minimum absolute atomic E-state index is 0.172. The molecular formula is C21H24N2O5. The van der Waals surface area contributed by atoms with Gasteiger partial charge in [-0.15, -0.1) is 0 Å². The number of nitrogens with zero attached hydrogens (tertiary/aromatic N) is 1. The molecule has 0 radical (unpaired) electrons. The van der Waals surface area contributed by atoms with E-state index in [1.807, 2.05) is 26.8 Å². The average Bonchev–Trinajstić information content (AvgIpc) is 3.08. The molecule has 0 aliphatic heterocycles. The third-order valence-corrected chi connectivity index (χ3v) is 4.23. The lowest BCUT2D eigenvalue weighted by Crippen LogP contribution is -2.20. The van der Waals surface area contributed by atoms with Gasteiger partial charge in [0.1, 0.15) is 11.3 Å². The van der Waals surface area contributed by atoms with Crippen LogP contribution < -0.4 is 15.7 Å². The van der Waals surface area contributed by atoms with Crippen LogP contribution in [0, 0.1) is 0 Å². The SMILES string of the molecule is CCCc1cc(=O)oc2cc(OCC(=O)Nc3cc(C(C)(C)C)no3)ccc12. The number of nitrogens with one attached hydrogen (secondary N) is 1. The lowest BCUT2D eigenvalue weighted by molar-refractivity contribution is -0.118. The summed E-state index contributed by atoms with van der Waals surface area (Å²) in [4.78, 5) is 23.8. The van der Waals surface area contributed by atoms with Gasteiger partial charge in [0.05, 0.1) is 5.69 Å². The van der Waals surface area contributed by atoms with Crippen molar-refractivity contribution < 1.29 is 18.5 Å². The zero-order valence-electron chi connectivity index (χ0n) is 16.5. The summed E-state index contributed by atoms with van der Waals surface area (Å²) in [5.41, 5.74) is 1.56. The summed E-state index contributed by atoms with van der Waals surface area (Å²) in [6, 6.07) is 8.42. The van der Waals surface area contributed by atoms with E-state index in [1.54, 1.807) is 18.2 Å². The molecule has 0 aliphatic rings. The maximum absolute atomic E-state index is 12.1. The highest BCUT2D eigenvalue weighted by molar-refractivity contribution is 5.90. The second kappa shape index (κ2) is 7.88. The second-order valence-electron chi connectivity index (χ2n) is 7.66. The van der Waals surface area contributed by atoms with E-state index in [1.165, 1.54) is 6.07 Å². The van der Waals surface area contributed by atoms with Crippen LogP contribution in [0.5, 0.6) is 5.75 Å². The van der Waals surface area contributed by atoms with Gasteiger partial charge in [0, 0.05) is 29.0 Å². The number of fused-ring (bicyclic) bond motifs is 1. The van der Waals surface area contributed by atoms with Crippen molar-refractivity contribution in [3.05, 3.63) is 52.0 Å². The maximum Gasteiger partial charge on any atom is 0.336 e. The van der Waals surface area contributed by atoms with Crippen LogP contribution >= 0.6 is 0 Å². The highest BCUT2D eigenvalue weighted by atomic mass is 16.5. The van der Waals surface area contributed by atoms with E-state index in [0.717, 1.165) is 29.5 Å². The van der Waals surface area contributed by atoms with Gasteiger partial charge in [0.25, 0.3) is 5.91 Å². The van der Waals surface area contributed by atoms with E-state index in [0.29, 0.717) is 11.3 Å². The summed E-state index contributed by atoms with van der Waals surface area (Å²) in [5.74, 6) is 0.331. The summed E-state index contributed by atoms with van der Waals surface area (Å²) in [6.07, 6.45) is 1.72. The number of carbonyl (C=O) groups is 1. The topological polar surface area (TPSA) is 94.6 Å². The van der Waals surface area contributed by atoms with Crippen LogP contribution in [0.25, 0.3) is 11.0 Å². The Morgan fingerprint density at radius 3 is 2.68 bits per heavy atom. The maximum atomic E-state index is 12.1. The number of anilines is 1. The van der Waals surface area contributed by atoms with Crippen molar-refractivity contribution in [3.63, 3.8) is 0 Å². The Morgan fingerprint density at radius 2 is 2.00 bits per heavy atom. The number of aromatic nitrogens is 1. The number of hydrogen-bond acceptors (Lipinski definition) is 6. The molecule has 0 spiro atoms. The highest BCUT2D eigenvalue weighted by Gasteiger charge is 2.19. The van der Waals surface area contributed by atoms with Crippen molar-refractivity contribution in [2.75, 3.05) is 11.9 Å². The standard InChI is InChI=1S/C21H24N2O5/c1-5-6-13-9-20(25)27-16-10-14(7-8-15(13)16)26-12-18(24)22-19-11-17(23-28-19)21(2,3)4/h7-11H,5-6,12H2,1-4H3,(H,22,24). The number of ether oxygens (including phenoxy) is 1. The fraction of sp³-hybridized carbons (Fsp3) is 0.381. The lowest BCUT2D eigenvalue weighted by Gasteiger charge is -2.12. The fourth-order valence-electron chi connectivity index (χ4n) is 2.79. The Morgan fingerprint density at radius 1 is 1.21 bits per heavy atom. The van der Waals surface area contributed by atoms with Crippen molar-refractivity contribution in [1.82, 2.24) is 5.16 Å². The molecule has 2 heterocycles. The van der Waals surface area contributed by atoms with Crippen LogP contribution in [-0.2, 0) is 16.6 Å². The molecule has 0 unspecified atom stereocenters. The largest absolute Gasteiger partial charge is 0.484 e. The third-order valence-electron chi connectivity index (χ3n) is 4.23. The second-order valence-corrected chi connectivity index (χ2v) is 7.66. The predicted molar refractivity (Wildman–Crippen MR) is 106 cm³/mol. The van der Waals surface area contributed by atoms with Gasteiger partial charge >= 0.3 is 5.63 Å². The van der Waals surface area contributed by atoms with Gasteiger partial charge in [-0.25, -0.2) is 4.79 Å². The summed E-state index contributed by atoms with van der Waals surface area (Å²) in [7, 11) is 0. The van der Waals surface area contributed by atoms with Gasteiger partial charge in [-0.3, -0.25) is 10.1 Å². The zero-order valence-corrected chi connectivity index (χ0v) is 16.5. The number of carbonyl (C=O) groups excluding carboxylic acids is 1. The Hall–Kier alpha value is -3.09. The van der Waals surface area contributed by atoms with Gasteiger partial charge in [0.2, 0.25) is 5.88 Å². The van der Waals surface area contributed by atoms with E-state index >= 15 is 0 Å². The molecule has 148 valence electrons. The van der Waals surface area contributed by atoms with Crippen molar-refractivity contribution in [1.29, 1.82) is 0 Å². The van der Waals surface area contributed by atoms with E-state index in [-0.39, 0.29) is 23.8 Å². The number of hydrogen-bond donors (Lipinski definition) is 1. The molecule has 0 fully saturated rings. The first kappa shape index (κ1) is 19.7. The van der Waals surface area contributed by atoms with Gasteiger partial charge < -0.3 is 13.7 Å². The van der Waals surface area contributed by atoms with Crippen LogP contribution in [0.4, 0.5) is 5.88 Å². The fourth-order valence-corrected chi connectivity index (χ4v) is 2.79. The third kappa shape index (κ3) is 4.60. The molecule has 0 bridgehead atoms. The molecule has 3 aromatic rings. The van der Waals surface area contributed by atoms with Crippen LogP contribution in [0.15, 0.2) is 44.1 Å². The van der Waals surface area contributed by atoms with E-state index in [2.05, 4.69) is 17.4 Å². The zero-order chi connectivity index (χ0) is 20.3. The van der Waals surface area contributed by atoms with Crippen LogP contribution in [0.1, 0.15) is 45.4 Å². The molecule has 28 heavy (non-hydrogen) atoms. The van der Waals surface area contributed by atoms with Crippen molar-refractivity contribution in [3.8, 4) is 5.75 Å². The molecule has 2 aromatic heterocycles. The summed E-state index contributed by atoms with van der Waals surface area (Å²) >= 11 is 0. The first-order valence-electron chi connectivity index (χ1n) is 9.23. The number of benzene rings is 1. The van der Waals surface area contributed by atoms with E-state index in [9.17, 15) is 9.59 Å². The minimum Gasteiger partial charge on any atom is -0.484 e. The molecule has 0 saturated heterocycles. The Labute approximate surface area is 162 Å². The first-order valence-corrected chi connectivity index (χ1v) is 9.23. The van der Waals surface area contributed by atoms with E-state index in [4.69, 9.17) is 13.7 Å². The van der Waals surface area contributed by atoms with Crippen LogP contribution in [0.2, 0.25) is 0 Å². The number of rotatable bonds is 6. The molecule has 1 aromatic carbocycles. The number of aryl methyl sites for hydroxylation is 1. The molecule has 0 aliphatic carbocycles. The van der Waals surface area contributed by atoms with E-state index < -0.39 is 5.63 Å². The minimum atomic E-state index is -0.397. The monoisotopic (exact) mass is 384 g/mol. The Bertz CT molecular complexity index is 1040. The summed E-state index contributed by atoms with van der Waals surface area (Å²) < 4.78 is 15.9. The molecule has 0 saturated carbocycles. The molecule has 1 amide bonds. The van der Waals surface area contributed by atoms with Crippen molar-refractivity contribution in [2.24, 2.45) is 0 Å². The predicted octanol–water partition coefficient (Wildman–Crippen LogP) is 4.05. The van der Waals surface area contributed by atoms with Crippen molar-refractivity contribution >= 4 is 22.8 Å². The summed E-state index contributed by atoms with van der Waals surface area (Å²) in [6.45, 7) is 7.85. The lowest BCUT2D eigenvalue weighted by atomic mass is 9.92. The molecule has 7 nitrogen and oxygen atoms in total. The van der Waals surface area contributed by atoms with Gasteiger partial charge in [0.15, 0.2) is 6.61 Å². The molecular weight excluding hydrogens is 360 g/mol. The van der Waals surface area contributed by atoms with Crippen LogP contribution in [0.3, 0.4) is 0 Å². The van der Waals surface area contributed by atoms with Gasteiger partial charge in [-0.2, -0.15) is 0 Å². The smallest absolute Gasteiger partial charge is 0.336 e. The van der Waals surface area contributed by atoms with Gasteiger partial charge in [-0.1, -0.05) is 39.3 Å². The molecule has 0 atom stereocenters. The number of amides is 1. The normalized spacial score (nSPS) is 11.6. The first-order chi connectivity index (χ1) is 13.3. The summed E-state index contributed by atoms with van der Waals surface area (Å²) in [5, 5.41) is 7.43. The Kier molecular flexibility index (Phi) is 5.53. The average molecular weight is 384 g/mol. The molecule has 7 heteroatoms. The van der Waals surface area contributed by atoms with Crippen LogP contribution in [-0.4, -0.2) is 17.7 Å². The van der Waals surface area contributed by atoms with Gasteiger partial charge in [-0.05, 0) is 24.1 Å². The quantitative estimate of drug-likeness (QED) is 0.644. The molecule has 1 N–H and O–H groups in total.